The minimum absolute atomic E-state index is 0.00483. The number of benzene rings is 2. The van der Waals surface area contributed by atoms with Crippen LogP contribution >= 0.6 is 0 Å². The summed E-state index contributed by atoms with van der Waals surface area (Å²) in [5, 5.41) is 2.93. The average molecular weight is 638 g/mol. The molecule has 2 aromatic carbocycles. The zero-order valence-corrected chi connectivity index (χ0v) is 27.8. The Morgan fingerprint density at radius 1 is 0.978 bits per heavy atom. The molecule has 0 radical (unpaired) electrons. The number of ether oxygens (including phenoxy) is 2. The van der Waals surface area contributed by atoms with Crippen molar-refractivity contribution in [3.8, 4) is 11.5 Å². The van der Waals surface area contributed by atoms with Crippen molar-refractivity contribution >= 4 is 29.6 Å². The highest BCUT2D eigenvalue weighted by molar-refractivity contribution is 5.96. The minimum Gasteiger partial charge on any atom is -0.493 e. The van der Waals surface area contributed by atoms with E-state index in [0.717, 1.165) is 30.4 Å². The molecular weight excluding hydrogens is 586 g/mol. The molecule has 0 unspecified atom stereocenters. The molecule has 0 aliphatic heterocycles. The summed E-state index contributed by atoms with van der Waals surface area (Å²) in [5.41, 5.74) is 19.1. The second kappa shape index (κ2) is 19.7. The molecule has 46 heavy (non-hydrogen) atoms. The van der Waals surface area contributed by atoms with Crippen LogP contribution < -0.4 is 36.9 Å². The van der Waals surface area contributed by atoms with E-state index >= 15 is 0 Å². The molecule has 12 nitrogen and oxygen atoms in total. The molecule has 12 heteroatoms. The molecule has 0 spiro atoms. The van der Waals surface area contributed by atoms with E-state index in [1.54, 1.807) is 44.4 Å². The van der Waals surface area contributed by atoms with Crippen LogP contribution in [0, 0.1) is 5.92 Å². The number of guanidine groups is 1. The molecule has 1 atom stereocenters. The highest BCUT2D eigenvalue weighted by Gasteiger charge is 2.20. The van der Waals surface area contributed by atoms with Crippen molar-refractivity contribution in [2.75, 3.05) is 32.6 Å². The molecule has 252 valence electrons. The fourth-order valence-corrected chi connectivity index (χ4v) is 4.47. The van der Waals surface area contributed by atoms with Crippen LogP contribution in [-0.2, 0) is 22.7 Å². The Kier molecular flexibility index (Phi) is 16.1. The third kappa shape index (κ3) is 13.6. The highest BCUT2D eigenvalue weighted by Crippen LogP contribution is 2.29. The summed E-state index contributed by atoms with van der Waals surface area (Å²) >= 11 is 0. The van der Waals surface area contributed by atoms with Gasteiger partial charge in [0.25, 0.3) is 0 Å². The van der Waals surface area contributed by atoms with Gasteiger partial charge in [-0.1, -0.05) is 44.2 Å². The predicted octanol–water partition coefficient (Wildman–Crippen LogP) is 4.06. The number of rotatable bonds is 18. The van der Waals surface area contributed by atoms with Crippen molar-refractivity contribution in [1.29, 1.82) is 0 Å². The van der Waals surface area contributed by atoms with E-state index in [9.17, 15) is 14.4 Å². The van der Waals surface area contributed by atoms with Crippen molar-refractivity contribution in [3.63, 3.8) is 0 Å². The first-order valence-electron chi connectivity index (χ1n) is 15.6. The normalized spacial score (nSPS) is 11.6. The molecule has 0 saturated carbocycles. The van der Waals surface area contributed by atoms with Crippen molar-refractivity contribution in [1.82, 2.24) is 10.2 Å². The molecular formula is C34H51N7O5. The topological polar surface area (TPSA) is 179 Å². The Bertz CT molecular complexity index is 1320. The van der Waals surface area contributed by atoms with E-state index in [1.165, 1.54) is 16.9 Å². The van der Waals surface area contributed by atoms with E-state index in [1.807, 2.05) is 12.1 Å². The number of hydrogen-bond acceptors (Lipinski definition) is 7. The van der Waals surface area contributed by atoms with Gasteiger partial charge in [0.2, 0.25) is 11.8 Å². The average Bonchev–Trinajstić information content (AvgIpc) is 3.03. The van der Waals surface area contributed by atoms with E-state index in [-0.39, 0.29) is 30.1 Å². The van der Waals surface area contributed by atoms with Crippen LogP contribution in [0.4, 0.5) is 10.5 Å². The minimum atomic E-state index is -0.679. The van der Waals surface area contributed by atoms with Crippen LogP contribution in [0.5, 0.6) is 11.5 Å². The third-order valence-electron chi connectivity index (χ3n) is 7.13. The number of nitrogens with two attached hydrogens (primary N) is 3. The SMILES string of the molecule is COc1cc(CNC(=O)CCCC/C=C/C(C)C)ccc1OC(=O)N(C)Cc1ccc(N(C)C(=O)[C@@H](N)CCCN=C(N)N)cc1. The lowest BCUT2D eigenvalue weighted by atomic mass is 10.1. The fraction of sp³-hybridized carbons (Fsp3) is 0.471. The van der Waals surface area contributed by atoms with Crippen LogP contribution in [-0.4, -0.2) is 62.6 Å². The molecule has 0 heterocycles. The number of nitrogens with zero attached hydrogens (tertiary/aromatic N) is 3. The van der Waals surface area contributed by atoms with Crippen LogP contribution in [0.15, 0.2) is 59.6 Å². The molecule has 3 amide bonds. The number of amides is 3. The van der Waals surface area contributed by atoms with Gasteiger partial charge in [-0.3, -0.25) is 14.6 Å². The Labute approximate surface area is 273 Å². The summed E-state index contributed by atoms with van der Waals surface area (Å²) in [6, 6.07) is 11.8. The summed E-state index contributed by atoms with van der Waals surface area (Å²) in [6.45, 7) is 5.32. The zero-order valence-electron chi connectivity index (χ0n) is 27.8. The number of carbonyl (C=O) groups is 3. The highest BCUT2D eigenvalue weighted by atomic mass is 16.6. The standard InChI is InChI=1S/C34H51N7O5/c1-24(2)11-8-6-7-9-13-31(42)39-22-26-16-19-29(30(21-26)45-5)46-34(44)40(3)23-25-14-17-27(18-15-25)41(4)32(43)28(35)12-10-20-38-33(36)37/h8,11,14-19,21,24,28H,6-7,9-10,12-13,20,22-23,35H2,1-5H3,(H,39,42)(H4,36,37,38)/b11-8+/t28-/m0/s1. The number of aliphatic imine (C=N–C) groups is 1. The van der Waals surface area contributed by atoms with Gasteiger partial charge in [-0.2, -0.15) is 0 Å². The van der Waals surface area contributed by atoms with E-state index in [2.05, 4.69) is 36.3 Å². The maximum Gasteiger partial charge on any atom is 0.415 e. The lowest BCUT2D eigenvalue weighted by Gasteiger charge is -2.22. The Balaban J connectivity index is 1.85. The number of unbranched alkanes of at least 4 members (excludes halogenated alkanes) is 2. The second-order valence-electron chi connectivity index (χ2n) is 11.5. The van der Waals surface area contributed by atoms with Crippen molar-refractivity contribution in [2.24, 2.45) is 28.1 Å². The van der Waals surface area contributed by atoms with Gasteiger partial charge in [0, 0.05) is 45.8 Å². The number of likely N-dealkylation sites (N-methyl/N-ethyl adjacent to an activating group) is 1. The molecule has 0 aliphatic rings. The summed E-state index contributed by atoms with van der Waals surface area (Å²) in [4.78, 5) is 44.7. The lowest BCUT2D eigenvalue weighted by molar-refractivity contribution is -0.121. The Morgan fingerprint density at radius 2 is 1.67 bits per heavy atom. The second-order valence-corrected chi connectivity index (χ2v) is 11.5. The first-order chi connectivity index (χ1) is 21.9. The zero-order chi connectivity index (χ0) is 34.1. The molecule has 0 saturated heterocycles. The van der Waals surface area contributed by atoms with Gasteiger partial charge in [-0.25, -0.2) is 4.79 Å². The lowest BCUT2D eigenvalue weighted by Crippen LogP contribution is -2.42. The van der Waals surface area contributed by atoms with Gasteiger partial charge in [0.15, 0.2) is 17.5 Å². The van der Waals surface area contributed by atoms with Crippen LogP contribution in [0.3, 0.4) is 0 Å². The van der Waals surface area contributed by atoms with Crippen LogP contribution in [0.2, 0.25) is 0 Å². The van der Waals surface area contributed by atoms with Gasteiger partial charge in [-0.15, -0.1) is 0 Å². The van der Waals surface area contributed by atoms with Crippen molar-refractivity contribution in [2.45, 2.75) is 71.5 Å². The number of carbonyl (C=O) groups excluding carboxylic acids is 3. The first-order valence-corrected chi connectivity index (χ1v) is 15.6. The monoisotopic (exact) mass is 637 g/mol. The quantitative estimate of drug-likeness (QED) is 0.0818. The Morgan fingerprint density at radius 3 is 2.33 bits per heavy atom. The number of nitrogens with one attached hydrogen (secondary N) is 1. The van der Waals surface area contributed by atoms with Gasteiger partial charge in [-0.05, 0) is 73.4 Å². The van der Waals surface area contributed by atoms with Gasteiger partial charge in [0.1, 0.15) is 0 Å². The maximum absolute atomic E-state index is 12.9. The maximum atomic E-state index is 12.9. The molecule has 0 aromatic heterocycles. The van der Waals surface area contributed by atoms with Crippen molar-refractivity contribution in [3.05, 3.63) is 65.7 Å². The first kappa shape index (κ1) is 37.6. The summed E-state index contributed by atoms with van der Waals surface area (Å²) in [6.07, 6.45) is 8.08. The third-order valence-corrected chi connectivity index (χ3v) is 7.13. The molecule has 2 aromatic rings. The smallest absolute Gasteiger partial charge is 0.415 e. The molecule has 7 N–H and O–H groups in total. The number of allylic oxidation sites excluding steroid dienone is 2. The predicted molar refractivity (Wildman–Crippen MR) is 183 cm³/mol. The number of methoxy groups -OCH3 is 1. The van der Waals surface area contributed by atoms with Gasteiger partial charge in [0.05, 0.1) is 13.2 Å². The number of anilines is 1. The summed E-state index contributed by atoms with van der Waals surface area (Å²) in [5.74, 6) is 0.983. The molecule has 0 bridgehead atoms. The molecule has 2 rings (SSSR count). The van der Waals surface area contributed by atoms with Crippen LogP contribution in [0.25, 0.3) is 0 Å². The van der Waals surface area contributed by atoms with Gasteiger partial charge < -0.3 is 41.8 Å². The summed E-state index contributed by atoms with van der Waals surface area (Å²) < 4.78 is 11.1. The van der Waals surface area contributed by atoms with E-state index in [0.29, 0.717) is 49.7 Å². The van der Waals surface area contributed by atoms with Gasteiger partial charge >= 0.3 is 6.09 Å². The van der Waals surface area contributed by atoms with E-state index < -0.39 is 12.1 Å². The molecule has 0 aliphatic carbocycles. The van der Waals surface area contributed by atoms with E-state index in [4.69, 9.17) is 26.7 Å². The van der Waals surface area contributed by atoms with Crippen molar-refractivity contribution < 1.29 is 23.9 Å². The number of hydrogen-bond donors (Lipinski definition) is 4. The Hall–Kier alpha value is -4.58. The molecule has 0 fully saturated rings. The summed E-state index contributed by atoms with van der Waals surface area (Å²) in [7, 11) is 4.79. The largest absolute Gasteiger partial charge is 0.493 e. The van der Waals surface area contributed by atoms with Crippen LogP contribution in [0.1, 0.15) is 63.5 Å². The fourth-order valence-electron chi connectivity index (χ4n) is 4.47.